The fourth-order valence-electron chi connectivity index (χ4n) is 10.4. The van der Waals surface area contributed by atoms with Crippen molar-refractivity contribution in [3.05, 3.63) is 12.2 Å². The van der Waals surface area contributed by atoms with E-state index < -0.39 is 26.5 Å². The van der Waals surface area contributed by atoms with Crippen LogP contribution in [-0.4, -0.2) is 49.3 Å². The summed E-state index contributed by atoms with van der Waals surface area (Å²) in [6, 6.07) is 0. The maximum atomic E-state index is 12.7. The van der Waals surface area contributed by atoms with Crippen LogP contribution in [-0.2, 0) is 32.7 Å². The Labute approximate surface area is 472 Å². The normalized spacial score (nSPS) is 12.9. The van der Waals surface area contributed by atoms with Crippen molar-refractivity contribution in [2.75, 3.05) is 26.4 Å². The van der Waals surface area contributed by atoms with Crippen LogP contribution in [0.15, 0.2) is 12.2 Å². The molecule has 0 aliphatic carbocycles. The molecule has 9 nitrogen and oxygen atoms in total. The monoisotopic (exact) mass is 1100 g/mol. The number of unbranched alkanes of at least 4 members (excludes halogenated alkanes) is 50. The van der Waals surface area contributed by atoms with Crippen molar-refractivity contribution in [3.8, 4) is 0 Å². The van der Waals surface area contributed by atoms with Gasteiger partial charge in [0, 0.05) is 19.4 Å². The van der Waals surface area contributed by atoms with Crippen LogP contribution in [0.2, 0.25) is 0 Å². The zero-order chi connectivity index (χ0) is 55.2. The molecule has 0 aromatic rings. The molecule has 2 atom stereocenters. The third-order valence-corrected chi connectivity index (χ3v) is 16.4. The number of rotatable bonds is 65. The number of phosphoric acid groups is 1. The lowest BCUT2D eigenvalue weighted by Gasteiger charge is -2.19. The molecule has 0 radical (unpaired) electrons. The van der Waals surface area contributed by atoms with Gasteiger partial charge in [0.15, 0.2) is 6.10 Å². The highest BCUT2D eigenvalue weighted by molar-refractivity contribution is 7.47. The highest BCUT2D eigenvalue weighted by Gasteiger charge is 2.26. The Balaban J connectivity index is 3.74. The average molecular weight is 1100 g/mol. The summed E-state index contributed by atoms with van der Waals surface area (Å²) < 4.78 is 33.1. The number of hydrogen-bond acceptors (Lipinski definition) is 8. The van der Waals surface area contributed by atoms with Crippen LogP contribution < -0.4 is 5.73 Å². The van der Waals surface area contributed by atoms with E-state index >= 15 is 0 Å². The Morgan fingerprint density at radius 1 is 0.382 bits per heavy atom. The predicted molar refractivity (Wildman–Crippen MR) is 326 cm³/mol. The minimum absolute atomic E-state index is 0.0560. The minimum atomic E-state index is -4.39. The van der Waals surface area contributed by atoms with E-state index in [1.54, 1.807) is 0 Å². The number of phosphoric ester groups is 1. The molecule has 0 bridgehead atoms. The Morgan fingerprint density at radius 2 is 0.645 bits per heavy atom. The molecule has 0 heterocycles. The molecule has 0 amide bonds. The molecule has 0 rings (SSSR count). The van der Waals surface area contributed by atoms with Gasteiger partial charge in [0.05, 0.1) is 13.2 Å². The molecule has 0 spiro atoms. The molecule has 0 fully saturated rings. The van der Waals surface area contributed by atoms with Gasteiger partial charge in [-0.3, -0.25) is 18.6 Å². The number of ether oxygens (including phenoxy) is 2. The third kappa shape index (κ3) is 62.0. The molecule has 10 heteroatoms. The van der Waals surface area contributed by atoms with E-state index in [2.05, 4.69) is 26.0 Å². The van der Waals surface area contributed by atoms with Crippen molar-refractivity contribution in [2.45, 2.75) is 373 Å². The lowest BCUT2D eigenvalue weighted by atomic mass is 10.0. The Kier molecular flexibility index (Phi) is 61.9. The summed E-state index contributed by atoms with van der Waals surface area (Å²) in [4.78, 5) is 35.2. The first-order valence-corrected chi connectivity index (χ1v) is 35.2. The van der Waals surface area contributed by atoms with Crippen molar-refractivity contribution >= 4 is 19.8 Å². The summed E-state index contributed by atoms with van der Waals surface area (Å²) in [7, 11) is -4.39. The quantitative estimate of drug-likeness (QED) is 0.0264. The van der Waals surface area contributed by atoms with Crippen molar-refractivity contribution < 1.29 is 37.6 Å². The van der Waals surface area contributed by atoms with Crippen LogP contribution in [0.25, 0.3) is 0 Å². The molecular formula is C66H130NO8P. The van der Waals surface area contributed by atoms with Crippen LogP contribution in [0, 0.1) is 0 Å². The largest absolute Gasteiger partial charge is 0.472 e. The number of carbonyl (C=O) groups is 2. The second kappa shape index (κ2) is 62.9. The summed E-state index contributed by atoms with van der Waals surface area (Å²) in [5.41, 5.74) is 5.39. The van der Waals surface area contributed by atoms with E-state index in [0.29, 0.717) is 6.42 Å². The van der Waals surface area contributed by atoms with Crippen molar-refractivity contribution in [3.63, 3.8) is 0 Å². The van der Waals surface area contributed by atoms with Crippen LogP contribution in [0.4, 0.5) is 0 Å². The Hall–Kier alpha value is -1.25. The van der Waals surface area contributed by atoms with Gasteiger partial charge in [0.1, 0.15) is 6.61 Å². The summed E-state index contributed by atoms with van der Waals surface area (Å²) in [5.74, 6) is -0.811. The van der Waals surface area contributed by atoms with Gasteiger partial charge in [0.2, 0.25) is 0 Å². The van der Waals surface area contributed by atoms with Gasteiger partial charge in [0.25, 0.3) is 0 Å². The summed E-state index contributed by atoms with van der Waals surface area (Å²) in [5, 5.41) is 0. The minimum Gasteiger partial charge on any atom is -0.462 e. The second-order valence-electron chi connectivity index (χ2n) is 23.1. The molecule has 0 aliphatic rings. The molecule has 452 valence electrons. The van der Waals surface area contributed by atoms with Gasteiger partial charge >= 0.3 is 19.8 Å². The fourth-order valence-corrected chi connectivity index (χ4v) is 11.2. The number of nitrogens with two attached hydrogens (primary N) is 1. The third-order valence-electron chi connectivity index (χ3n) is 15.4. The van der Waals surface area contributed by atoms with Gasteiger partial charge in [-0.1, -0.05) is 328 Å². The van der Waals surface area contributed by atoms with Crippen molar-refractivity contribution in [1.82, 2.24) is 0 Å². The molecule has 0 aliphatic heterocycles. The lowest BCUT2D eigenvalue weighted by molar-refractivity contribution is -0.161. The zero-order valence-electron chi connectivity index (χ0n) is 50.8. The van der Waals surface area contributed by atoms with E-state index in [4.69, 9.17) is 24.3 Å². The predicted octanol–water partition coefficient (Wildman–Crippen LogP) is 21.6. The van der Waals surface area contributed by atoms with E-state index in [1.165, 1.54) is 289 Å². The standard InChI is InChI=1S/C66H130NO8P/c1-3-5-7-9-11-13-15-17-19-21-23-24-25-26-27-28-29-30-31-32-33-34-35-36-37-38-39-40-41-43-44-46-48-50-52-54-56-58-65(68)72-62-64(63-74-76(70,71)73-61-60-67)75-66(69)59-57-55-53-51-49-47-45-42-22-20-18-16-14-12-10-8-6-4-2/h20,22,64H,3-19,21,23-63,67H2,1-2H3,(H,70,71)/b22-20-. The smallest absolute Gasteiger partial charge is 0.462 e. The molecule has 3 N–H and O–H groups in total. The Morgan fingerprint density at radius 3 is 0.934 bits per heavy atom. The molecule has 0 aromatic carbocycles. The maximum absolute atomic E-state index is 12.7. The lowest BCUT2D eigenvalue weighted by Crippen LogP contribution is -2.29. The Bertz CT molecular complexity index is 1250. The highest BCUT2D eigenvalue weighted by Crippen LogP contribution is 2.43. The SMILES string of the molecule is CCCCCCCCC/C=C\CCCCCCCCCC(=O)OC(COC(=O)CCCCCCCCCCCCCCCCCCCCCCCCCCCCCCCCCCCCCCC)COP(=O)(O)OCCN. The molecule has 0 saturated heterocycles. The zero-order valence-corrected chi connectivity index (χ0v) is 51.7. The van der Waals surface area contributed by atoms with Gasteiger partial charge in [-0.05, 0) is 38.5 Å². The maximum Gasteiger partial charge on any atom is 0.472 e. The number of hydrogen-bond donors (Lipinski definition) is 2. The number of esters is 2. The van der Waals surface area contributed by atoms with Crippen molar-refractivity contribution in [2.24, 2.45) is 5.73 Å². The first-order chi connectivity index (χ1) is 37.3. The number of allylic oxidation sites excluding steroid dienone is 2. The van der Waals surface area contributed by atoms with E-state index in [1.807, 2.05) is 0 Å². The first kappa shape index (κ1) is 74.8. The van der Waals surface area contributed by atoms with Crippen LogP contribution in [0.1, 0.15) is 367 Å². The highest BCUT2D eigenvalue weighted by atomic mass is 31.2. The molecule has 2 unspecified atom stereocenters. The van der Waals surface area contributed by atoms with E-state index in [9.17, 15) is 19.0 Å². The van der Waals surface area contributed by atoms with Crippen LogP contribution >= 0.6 is 7.82 Å². The molecular weight excluding hydrogens is 966 g/mol. The van der Waals surface area contributed by atoms with E-state index in [0.717, 1.165) is 44.9 Å². The van der Waals surface area contributed by atoms with Crippen LogP contribution in [0.3, 0.4) is 0 Å². The second-order valence-corrected chi connectivity index (χ2v) is 24.5. The molecule has 76 heavy (non-hydrogen) atoms. The molecule has 0 aromatic heterocycles. The van der Waals surface area contributed by atoms with Gasteiger partial charge in [-0.15, -0.1) is 0 Å². The first-order valence-electron chi connectivity index (χ1n) is 33.7. The molecule has 0 saturated carbocycles. The fraction of sp³-hybridized carbons (Fsp3) is 0.939. The topological polar surface area (TPSA) is 134 Å². The van der Waals surface area contributed by atoms with E-state index in [-0.39, 0.29) is 38.6 Å². The summed E-state index contributed by atoms with van der Waals surface area (Å²) in [6.45, 7) is 3.81. The van der Waals surface area contributed by atoms with Gasteiger partial charge in [-0.2, -0.15) is 0 Å². The summed E-state index contributed by atoms with van der Waals surface area (Å²) in [6.07, 6.45) is 74.7. The van der Waals surface area contributed by atoms with Crippen LogP contribution in [0.5, 0.6) is 0 Å². The summed E-state index contributed by atoms with van der Waals surface area (Å²) >= 11 is 0. The van der Waals surface area contributed by atoms with Gasteiger partial charge in [-0.25, -0.2) is 4.57 Å². The van der Waals surface area contributed by atoms with Crippen molar-refractivity contribution in [1.29, 1.82) is 0 Å². The van der Waals surface area contributed by atoms with Gasteiger partial charge < -0.3 is 20.1 Å². The number of carbonyl (C=O) groups excluding carboxylic acids is 2. The average Bonchev–Trinajstić information content (AvgIpc) is 3.41.